The van der Waals surface area contributed by atoms with E-state index >= 15 is 0 Å². The van der Waals surface area contributed by atoms with Crippen molar-refractivity contribution in [2.75, 3.05) is 26.2 Å². The number of fused-ring (bicyclic) bond motifs is 1. The van der Waals surface area contributed by atoms with E-state index in [0.717, 1.165) is 36.3 Å². The molecular formula is C18H24N2O3. The number of nitrogens with zero attached hydrogens (tertiary/aromatic N) is 1. The Morgan fingerprint density at radius 1 is 1.35 bits per heavy atom. The molecule has 1 aromatic carbocycles. The molecule has 0 amide bonds. The number of aliphatic hydroxyl groups is 1. The van der Waals surface area contributed by atoms with Crippen molar-refractivity contribution in [1.82, 2.24) is 10.2 Å². The minimum atomic E-state index is -0.514. The number of likely N-dealkylation sites (tertiary alicyclic amines) is 1. The molecule has 2 fully saturated rings. The van der Waals surface area contributed by atoms with Crippen molar-refractivity contribution >= 4 is 5.97 Å². The molecule has 5 heteroatoms. The van der Waals surface area contributed by atoms with Crippen molar-refractivity contribution in [3.05, 3.63) is 34.4 Å². The molecule has 1 unspecified atom stereocenters. The first-order valence-electron chi connectivity index (χ1n) is 8.53. The summed E-state index contributed by atoms with van der Waals surface area (Å²) in [5, 5.41) is 14.2. The fourth-order valence-corrected chi connectivity index (χ4v) is 4.14. The molecule has 5 nitrogen and oxygen atoms in total. The maximum atomic E-state index is 11.6. The Morgan fingerprint density at radius 2 is 2.09 bits per heavy atom. The third-order valence-electron chi connectivity index (χ3n) is 5.91. The Morgan fingerprint density at radius 3 is 2.74 bits per heavy atom. The van der Waals surface area contributed by atoms with Gasteiger partial charge in [-0.15, -0.1) is 0 Å². The predicted molar refractivity (Wildman–Crippen MR) is 86.3 cm³/mol. The fourth-order valence-electron chi connectivity index (χ4n) is 4.14. The topological polar surface area (TPSA) is 61.8 Å². The number of cyclic esters (lactones) is 1. The summed E-state index contributed by atoms with van der Waals surface area (Å²) in [6, 6.07) is 3.67. The van der Waals surface area contributed by atoms with Crippen LogP contribution in [-0.4, -0.2) is 47.7 Å². The highest BCUT2D eigenvalue weighted by molar-refractivity contribution is 5.93. The van der Waals surface area contributed by atoms with Gasteiger partial charge in [-0.2, -0.15) is 0 Å². The average Bonchev–Trinajstić information content (AvgIpc) is 2.89. The predicted octanol–water partition coefficient (Wildman–Crippen LogP) is 1.53. The Labute approximate surface area is 136 Å². The monoisotopic (exact) mass is 316 g/mol. The molecular weight excluding hydrogens is 292 g/mol. The Hall–Kier alpha value is -1.43. The van der Waals surface area contributed by atoms with Crippen LogP contribution in [0.4, 0.5) is 0 Å². The number of carbonyl (C=O) groups excluding carboxylic acids is 1. The number of aliphatic hydroxyl groups excluding tert-OH is 1. The Balaban J connectivity index is 1.43. The molecule has 0 radical (unpaired) electrons. The Bertz CT molecular complexity index is 629. The molecule has 23 heavy (non-hydrogen) atoms. The standard InChI is InChI=1S/C18H24N2O3/c1-12-13(2-3-14-15(12)11-23-17(14)22)16(21)10-20-8-5-18(6-9-20)4-7-19-18/h2-3,16,19,21H,4-11H2,1H3. The summed E-state index contributed by atoms with van der Waals surface area (Å²) < 4.78 is 5.09. The van der Waals surface area contributed by atoms with Crippen molar-refractivity contribution in [2.24, 2.45) is 0 Å². The fraction of sp³-hybridized carbons (Fsp3) is 0.611. The van der Waals surface area contributed by atoms with Crippen LogP contribution in [0.3, 0.4) is 0 Å². The summed E-state index contributed by atoms with van der Waals surface area (Å²) in [6.07, 6.45) is 3.12. The lowest BCUT2D eigenvalue weighted by Crippen LogP contribution is -2.62. The molecule has 0 bridgehead atoms. The summed E-state index contributed by atoms with van der Waals surface area (Å²) in [4.78, 5) is 14.0. The SMILES string of the molecule is Cc1c(C(O)CN2CCC3(CCN3)CC2)ccc2c1COC2=O. The van der Waals surface area contributed by atoms with Gasteiger partial charge in [0, 0.05) is 30.7 Å². The summed E-state index contributed by atoms with van der Waals surface area (Å²) >= 11 is 0. The van der Waals surface area contributed by atoms with Gasteiger partial charge in [-0.05, 0) is 49.9 Å². The third kappa shape index (κ3) is 2.57. The van der Waals surface area contributed by atoms with E-state index in [2.05, 4.69) is 10.2 Å². The zero-order valence-corrected chi connectivity index (χ0v) is 13.6. The first-order chi connectivity index (χ1) is 11.1. The minimum absolute atomic E-state index is 0.251. The smallest absolute Gasteiger partial charge is 0.338 e. The second kappa shape index (κ2) is 5.58. The number of hydrogen-bond acceptors (Lipinski definition) is 5. The lowest BCUT2D eigenvalue weighted by atomic mass is 9.79. The zero-order valence-electron chi connectivity index (χ0n) is 13.6. The van der Waals surface area contributed by atoms with Crippen LogP contribution in [0.5, 0.6) is 0 Å². The number of β-amino-alcohol motifs (C(OH)–C–C–N with tert-alkyl or cyclic N) is 1. The van der Waals surface area contributed by atoms with Gasteiger partial charge in [0.15, 0.2) is 0 Å². The highest BCUT2D eigenvalue weighted by Gasteiger charge is 2.39. The molecule has 3 heterocycles. The first-order valence-corrected chi connectivity index (χ1v) is 8.53. The molecule has 1 spiro atoms. The molecule has 124 valence electrons. The van der Waals surface area contributed by atoms with Gasteiger partial charge in [-0.1, -0.05) is 6.07 Å². The van der Waals surface area contributed by atoms with Gasteiger partial charge in [-0.3, -0.25) is 0 Å². The Kier molecular flexibility index (Phi) is 3.67. The summed E-state index contributed by atoms with van der Waals surface area (Å²) in [5.74, 6) is -0.251. The number of hydrogen-bond donors (Lipinski definition) is 2. The van der Waals surface area contributed by atoms with Crippen molar-refractivity contribution in [2.45, 2.75) is 44.4 Å². The van der Waals surface area contributed by atoms with E-state index < -0.39 is 6.10 Å². The molecule has 0 saturated carbocycles. The zero-order chi connectivity index (χ0) is 16.0. The van der Waals surface area contributed by atoms with Crippen molar-refractivity contribution < 1.29 is 14.6 Å². The first kappa shape index (κ1) is 15.1. The van der Waals surface area contributed by atoms with Gasteiger partial charge >= 0.3 is 5.97 Å². The van der Waals surface area contributed by atoms with E-state index in [1.54, 1.807) is 6.07 Å². The van der Waals surface area contributed by atoms with Crippen LogP contribution in [0.25, 0.3) is 0 Å². The number of nitrogens with one attached hydrogen (secondary N) is 1. The van der Waals surface area contributed by atoms with Gasteiger partial charge in [0.2, 0.25) is 0 Å². The van der Waals surface area contributed by atoms with Crippen LogP contribution in [0.2, 0.25) is 0 Å². The van der Waals surface area contributed by atoms with Crippen LogP contribution in [0.1, 0.15) is 52.4 Å². The van der Waals surface area contributed by atoms with Crippen LogP contribution in [-0.2, 0) is 11.3 Å². The normalized spacial score (nSPS) is 24.2. The summed E-state index contributed by atoms with van der Waals surface area (Å²) in [7, 11) is 0. The lowest BCUT2D eigenvalue weighted by Gasteiger charge is -2.49. The number of carbonyl (C=O) groups is 1. The summed E-state index contributed by atoms with van der Waals surface area (Å²) in [6.45, 7) is 6.19. The van der Waals surface area contributed by atoms with Gasteiger partial charge in [0.1, 0.15) is 6.61 Å². The number of ether oxygens (including phenoxy) is 1. The van der Waals surface area contributed by atoms with Crippen molar-refractivity contribution in [3.63, 3.8) is 0 Å². The second-order valence-electron chi connectivity index (χ2n) is 7.16. The van der Waals surface area contributed by atoms with Crippen LogP contribution < -0.4 is 5.32 Å². The van der Waals surface area contributed by atoms with E-state index in [1.807, 2.05) is 13.0 Å². The molecule has 2 saturated heterocycles. The molecule has 3 aliphatic rings. The third-order valence-corrected chi connectivity index (χ3v) is 5.91. The number of rotatable bonds is 3. The maximum Gasteiger partial charge on any atom is 0.338 e. The highest BCUT2D eigenvalue weighted by atomic mass is 16.5. The number of esters is 1. The molecule has 1 atom stereocenters. The molecule has 0 aromatic heterocycles. The van der Waals surface area contributed by atoms with E-state index in [0.29, 0.717) is 24.3 Å². The van der Waals surface area contributed by atoms with Crippen molar-refractivity contribution in [3.8, 4) is 0 Å². The molecule has 4 rings (SSSR count). The minimum Gasteiger partial charge on any atom is -0.457 e. The maximum absolute atomic E-state index is 11.6. The molecule has 2 N–H and O–H groups in total. The van der Waals surface area contributed by atoms with E-state index in [1.165, 1.54) is 19.3 Å². The van der Waals surface area contributed by atoms with Gasteiger partial charge < -0.3 is 20.1 Å². The lowest BCUT2D eigenvalue weighted by molar-refractivity contribution is 0.0496. The van der Waals surface area contributed by atoms with Gasteiger partial charge in [-0.25, -0.2) is 4.79 Å². The van der Waals surface area contributed by atoms with E-state index in [4.69, 9.17) is 4.74 Å². The van der Waals surface area contributed by atoms with Gasteiger partial charge in [0.05, 0.1) is 11.7 Å². The highest BCUT2D eigenvalue weighted by Crippen LogP contribution is 2.33. The van der Waals surface area contributed by atoms with Crippen LogP contribution >= 0.6 is 0 Å². The van der Waals surface area contributed by atoms with Crippen molar-refractivity contribution in [1.29, 1.82) is 0 Å². The van der Waals surface area contributed by atoms with E-state index in [9.17, 15) is 9.90 Å². The van der Waals surface area contributed by atoms with E-state index in [-0.39, 0.29) is 5.97 Å². The second-order valence-corrected chi connectivity index (χ2v) is 7.16. The van der Waals surface area contributed by atoms with Crippen LogP contribution in [0.15, 0.2) is 12.1 Å². The largest absolute Gasteiger partial charge is 0.457 e. The molecule has 1 aromatic rings. The molecule has 0 aliphatic carbocycles. The van der Waals surface area contributed by atoms with Crippen LogP contribution in [0, 0.1) is 6.92 Å². The quantitative estimate of drug-likeness (QED) is 0.828. The van der Waals surface area contributed by atoms with Gasteiger partial charge in [0.25, 0.3) is 0 Å². The number of piperidine rings is 1. The molecule has 3 aliphatic heterocycles. The average molecular weight is 316 g/mol. The number of benzene rings is 1. The summed E-state index contributed by atoms with van der Waals surface area (Å²) in [5.41, 5.74) is 3.89.